The van der Waals surface area contributed by atoms with Crippen molar-refractivity contribution in [2.45, 2.75) is 23.1 Å². The van der Waals surface area contributed by atoms with E-state index in [1.165, 1.54) is 12.1 Å². The minimum absolute atomic E-state index is 0.0526. The summed E-state index contributed by atoms with van der Waals surface area (Å²) in [5, 5.41) is 0. The van der Waals surface area contributed by atoms with Crippen molar-refractivity contribution in [3.63, 3.8) is 0 Å². The molecule has 0 amide bonds. The van der Waals surface area contributed by atoms with Crippen molar-refractivity contribution in [2.24, 2.45) is 0 Å². The lowest BCUT2D eigenvalue weighted by atomic mass is 10.1. The highest BCUT2D eigenvalue weighted by molar-refractivity contribution is 9.09. The first-order valence-corrected chi connectivity index (χ1v) is 6.45. The molecule has 0 saturated carbocycles. The Balaban J connectivity index is 3.02. The van der Waals surface area contributed by atoms with Crippen molar-refractivity contribution in [3.8, 4) is 0 Å². The van der Waals surface area contributed by atoms with E-state index in [0.29, 0.717) is 0 Å². The summed E-state index contributed by atoms with van der Waals surface area (Å²) >= 11 is 3.37. The molecule has 1 aromatic carbocycles. The molecule has 5 heteroatoms. The molecule has 1 unspecified atom stereocenters. The summed E-state index contributed by atoms with van der Waals surface area (Å²) in [6.45, 7) is 1.97. The van der Waals surface area contributed by atoms with Crippen LogP contribution in [0, 0.1) is 0 Å². The molecule has 1 aromatic rings. The lowest BCUT2D eigenvalue weighted by Crippen LogP contribution is -2.01. The van der Waals surface area contributed by atoms with Crippen LogP contribution < -0.4 is 0 Å². The Bertz CT molecular complexity index is 412. The number of hydrogen-bond acceptors (Lipinski definition) is 2. The Morgan fingerprint density at radius 1 is 1.50 bits per heavy atom. The van der Waals surface area contributed by atoms with Gasteiger partial charge < -0.3 is 0 Å². The minimum Gasteiger partial charge on any atom is -0.282 e. The van der Waals surface area contributed by atoms with Crippen LogP contribution in [0.3, 0.4) is 0 Å². The van der Waals surface area contributed by atoms with Gasteiger partial charge in [0, 0.05) is 4.83 Å². The molecular formula is C9H11BrO3S. The fourth-order valence-corrected chi connectivity index (χ4v) is 2.08. The Hall–Kier alpha value is -0.390. The summed E-state index contributed by atoms with van der Waals surface area (Å²) in [6.07, 6.45) is 0.726. The van der Waals surface area contributed by atoms with Crippen LogP contribution in [-0.2, 0) is 16.5 Å². The van der Waals surface area contributed by atoms with Crippen LogP contribution in [0.15, 0.2) is 29.2 Å². The second-order valence-corrected chi connectivity index (χ2v) is 6.09. The predicted molar refractivity (Wildman–Crippen MR) is 58.3 cm³/mol. The van der Waals surface area contributed by atoms with E-state index in [0.717, 1.165) is 12.0 Å². The van der Waals surface area contributed by atoms with Crippen LogP contribution in [-0.4, -0.2) is 17.8 Å². The van der Waals surface area contributed by atoms with Crippen molar-refractivity contribution in [1.82, 2.24) is 0 Å². The van der Waals surface area contributed by atoms with Gasteiger partial charge in [0.15, 0.2) is 0 Å². The van der Waals surface area contributed by atoms with E-state index in [4.69, 9.17) is 4.55 Å². The number of alkyl halides is 1. The number of hydrogen-bond donors (Lipinski definition) is 1. The van der Waals surface area contributed by atoms with Crippen molar-refractivity contribution in [3.05, 3.63) is 29.8 Å². The summed E-state index contributed by atoms with van der Waals surface area (Å²) < 4.78 is 30.4. The summed E-state index contributed by atoms with van der Waals surface area (Å²) in [5.41, 5.74) is 0.879. The zero-order chi connectivity index (χ0) is 10.8. The molecule has 0 aromatic heterocycles. The van der Waals surface area contributed by atoms with Gasteiger partial charge in [-0.05, 0) is 24.1 Å². The molecule has 1 N–H and O–H groups in total. The maximum atomic E-state index is 10.8. The molecule has 3 nitrogen and oxygen atoms in total. The smallest absolute Gasteiger partial charge is 0.282 e. The van der Waals surface area contributed by atoms with Crippen molar-refractivity contribution >= 4 is 26.0 Å². The highest BCUT2D eigenvalue weighted by atomic mass is 79.9. The SMILES string of the molecule is CC(Br)Cc1cccc(S(=O)(=O)O)c1. The first-order chi connectivity index (χ1) is 6.39. The second kappa shape index (κ2) is 4.42. The number of rotatable bonds is 3. The molecule has 0 aliphatic carbocycles. The average Bonchev–Trinajstić information content (AvgIpc) is 2.01. The van der Waals surface area contributed by atoms with Gasteiger partial charge in [-0.15, -0.1) is 0 Å². The van der Waals surface area contributed by atoms with E-state index >= 15 is 0 Å². The average molecular weight is 279 g/mol. The highest BCUT2D eigenvalue weighted by Crippen LogP contribution is 2.14. The fourth-order valence-electron chi connectivity index (χ4n) is 1.16. The molecule has 0 saturated heterocycles. The zero-order valence-corrected chi connectivity index (χ0v) is 10.0. The van der Waals surface area contributed by atoms with Crippen LogP contribution in [0.1, 0.15) is 12.5 Å². The van der Waals surface area contributed by atoms with E-state index < -0.39 is 10.1 Å². The molecule has 0 heterocycles. The predicted octanol–water partition coefficient (Wildman–Crippen LogP) is 2.26. The van der Waals surface area contributed by atoms with Gasteiger partial charge in [-0.1, -0.05) is 35.0 Å². The standard InChI is InChI=1S/C9H11BrO3S/c1-7(10)5-8-3-2-4-9(6-8)14(11,12)13/h2-4,6-7H,5H2,1H3,(H,11,12,13). The molecule has 0 spiro atoms. The largest absolute Gasteiger partial charge is 0.294 e. The molecule has 0 bridgehead atoms. The molecule has 0 aliphatic rings. The Labute approximate surface area is 92.0 Å². The first kappa shape index (κ1) is 11.7. The summed E-state index contributed by atoms with van der Waals surface area (Å²) in [6, 6.07) is 6.30. The van der Waals surface area contributed by atoms with Gasteiger partial charge in [0.1, 0.15) is 0 Å². The number of benzene rings is 1. The Morgan fingerprint density at radius 3 is 2.64 bits per heavy atom. The van der Waals surface area contributed by atoms with Gasteiger partial charge >= 0.3 is 0 Å². The topological polar surface area (TPSA) is 54.4 Å². The zero-order valence-electron chi connectivity index (χ0n) is 7.64. The quantitative estimate of drug-likeness (QED) is 0.682. The third-order valence-electron chi connectivity index (χ3n) is 1.71. The fraction of sp³-hybridized carbons (Fsp3) is 0.333. The van der Waals surface area contributed by atoms with Gasteiger partial charge in [0.05, 0.1) is 4.90 Å². The molecule has 0 aliphatic heterocycles. The summed E-state index contributed by atoms with van der Waals surface area (Å²) in [5.74, 6) is 0. The van der Waals surface area contributed by atoms with E-state index in [2.05, 4.69) is 15.9 Å². The van der Waals surface area contributed by atoms with Crippen molar-refractivity contribution < 1.29 is 13.0 Å². The van der Waals surface area contributed by atoms with Crippen LogP contribution in [0.4, 0.5) is 0 Å². The van der Waals surface area contributed by atoms with Gasteiger partial charge in [0.25, 0.3) is 10.1 Å². The van der Waals surface area contributed by atoms with E-state index in [-0.39, 0.29) is 9.72 Å². The third-order valence-corrected chi connectivity index (χ3v) is 2.89. The van der Waals surface area contributed by atoms with Gasteiger partial charge in [-0.2, -0.15) is 8.42 Å². The highest BCUT2D eigenvalue weighted by Gasteiger charge is 2.09. The van der Waals surface area contributed by atoms with Crippen molar-refractivity contribution in [1.29, 1.82) is 0 Å². The molecule has 0 fully saturated rings. The molecule has 1 rings (SSSR count). The van der Waals surface area contributed by atoms with E-state index in [1.807, 2.05) is 13.0 Å². The van der Waals surface area contributed by atoms with Crippen LogP contribution in [0.5, 0.6) is 0 Å². The monoisotopic (exact) mass is 278 g/mol. The van der Waals surface area contributed by atoms with E-state index in [1.54, 1.807) is 6.07 Å². The molecule has 0 radical (unpaired) electrons. The maximum absolute atomic E-state index is 10.8. The van der Waals surface area contributed by atoms with Gasteiger partial charge in [-0.3, -0.25) is 4.55 Å². The van der Waals surface area contributed by atoms with Gasteiger partial charge in [0.2, 0.25) is 0 Å². The molecule has 78 valence electrons. The molecular weight excluding hydrogens is 268 g/mol. The molecule has 14 heavy (non-hydrogen) atoms. The first-order valence-electron chi connectivity index (χ1n) is 4.10. The summed E-state index contributed by atoms with van der Waals surface area (Å²) in [7, 11) is -4.08. The van der Waals surface area contributed by atoms with Crippen LogP contribution in [0.2, 0.25) is 0 Å². The lowest BCUT2D eigenvalue weighted by Gasteiger charge is -2.04. The van der Waals surface area contributed by atoms with Crippen molar-refractivity contribution in [2.75, 3.05) is 0 Å². The second-order valence-electron chi connectivity index (χ2n) is 3.11. The third kappa shape index (κ3) is 3.40. The lowest BCUT2D eigenvalue weighted by molar-refractivity contribution is 0.483. The molecule has 1 atom stereocenters. The Kier molecular flexibility index (Phi) is 3.69. The summed E-state index contributed by atoms with van der Waals surface area (Å²) in [4.78, 5) is 0.224. The maximum Gasteiger partial charge on any atom is 0.294 e. The number of halogens is 1. The van der Waals surface area contributed by atoms with Crippen LogP contribution >= 0.6 is 15.9 Å². The van der Waals surface area contributed by atoms with E-state index in [9.17, 15) is 8.42 Å². The van der Waals surface area contributed by atoms with Crippen LogP contribution in [0.25, 0.3) is 0 Å². The Morgan fingerprint density at radius 2 is 2.14 bits per heavy atom. The normalized spacial score (nSPS) is 13.9. The van der Waals surface area contributed by atoms with Gasteiger partial charge in [-0.25, -0.2) is 0 Å². The minimum atomic E-state index is -4.08.